The normalized spacial score (nSPS) is 12.5. The third-order valence-electron chi connectivity index (χ3n) is 2.99. The molecular weight excluding hydrogens is 309 g/mol. The first kappa shape index (κ1) is 14.1. The molecule has 0 aliphatic rings. The zero-order valence-electron chi connectivity index (χ0n) is 10.8. The fraction of sp³-hybridized carbons (Fsp3) is 0.286. The van der Waals surface area contributed by atoms with E-state index in [4.69, 9.17) is 5.73 Å². The highest BCUT2D eigenvalue weighted by Crippen LogP contribution is 2.22. The first-order valence-electron chi connectivity index (χ1n) is 5.97. The maximum atomic E-state index is 13.7. The van der Waals surface area contributed by atoms with Gasteiger partial charge in [0.2, 0.25) is 0 Å². The van der Waals surface area contributed by atoms with Crippen LogP contribution >= 0.6 is 15.9 Å². The Hall–Kier alpha value is -1.33. The molecule has 0 amide bonds. The van der Waals surface area contributed by atoms with E-state index in [1.807, 2.05) is 19.9 Å². The van der Waals surface area contributed by atoms with Gasteiger partial charge in [0.05, 0.1) is 11.4 Å². The average Bonchev–Trinajstić information content (AvgIpc) is 2.36. The number of benzene rings is 1. The summed E-state index contributed by atoms with van der Waals surface area (Å²) in [4.78, 5) is 0. The molecule has 100 valence electrons. The number of nitrogens with zero attached hydrogens (tertiary/aromatic N) is 2. The Morgan fingerprint density at radius 1 is 1.26 bits per heavy atom. The van der Waals surface area contributed by atoms with Crippen molar-refractivity contribution in [2.75, 3.05) is 0 Å². The Labute approximate surface area is 120 Å². The fourth-order valence-corrected chi connectivity index (χ4v) is 2.40. The smallest absolute Gasteiger partial charge is 0.126 e. The number of hydrogen-bond acceptors (Lipinski definition) is 3. The van der Waals surface area contributed by atoms with Crippen LogP contribution in [0.3, 0.4) is 0 Å². The lowest BCUT2D eigenvalue weighted by atomic mass is 9.98. The third-order valence-corrected chi connectivity index (χ3v) is 3.48. The SMILES string of the molecule is Cc1cc(C(N)Cc2cc(Br)ccc2F)c(C)nn1. The molecule has 0 radical (unpaired) electrons. The summed E-state index contributed by atoms with van der Waals surface area (Å²) in [6.45, 7) is 3.72. The molecule has 3 nitrogen and oxygen atoms in total. The minimum absolute atomic E-state index is 0.241. The van der Waals surface area contributed by atoms with Gasteiger partial charge in [-0.15, -0.1) is 0 Å². The van der Waals surface area contributed by atoms with E-state index in [-0.39, 0.29) is 11.9 Å². The van der Waals surface area contributed by atoms with Crippen LogP contribution in [0.15, 0.2) is 28.7 Å². The van der Waals surface area contributed by atoms with E-state index in [1.54, 1.807) is 12.1 Å². The number of aromatic nitrogens is 2. The van der Waals surface area contributed by atoms with E-state index in [2.05, 4.69) is 26.1 Å². The lowest BCUT2D eigenvalue weighted by molar-refractivity contribution is 0.591. The van der Waals surface area contributed by atoms with Gasteiger partial charge < -0.3 is 5.73 Å². The fourth-order valence-electron chi connectivity index (χ4n) is 1.99. The molecule has 0 bridgehead atoms. The van der Waals surface area contributed by atoms with Gasteiger partial charge >= 0.3 is 0 Å². The van der Waals surface area contributed by atoms with Crippen molar-refractivity contribution >= 4 is 15.9 Å². The molecule has 19 heavy (non-hydrogen) atoms. The van der Waals surface area contributed by atoms with Crippen molar-refractivity contribution in [3.8, 4) is 0 Å². The molecule has 1 aromatic heterocycles. The summed E-state index contributed by atoms with van der Waals surface area (Å²) in [6.07, 6.45) is 0.428. The molecule has 2 N–H and O–H groups in total. The maximum Gasteiger partial charge on any atom is 0.126 e. The molecule has 1 unspecified atom stereocenters. The van der Waals surface area contributed by atoms with Crippen LogP contribution in [0, 0.1) is 19.7 Å². The molecular formula is C14H15BrFN3. The van der Waals surface area contributed by atoms with Gasteiger partial charge in [-0.1, -0.05) is 15.9 Å². The Morgan fingerprint density at radius 2 is 2.00 bits per heavy atom. The van der Waals surface area contributed by atoms with Gasteiger partial charge in [-0.2, -0.15) is 10.2 Å². The van der Waals surface area contributed by atoms with Crippen molar-refractivity contribution in [1.29, 1.82) is 0 Å². The predicted octanol–water partition coefficient (Wildman–Crippen LogP) is 3.24. The van der Waals surface area contributed by atoms with Gasteiger partial charge in [0.25, 0.3) is 0 Å². The minimum atomic E-state index is -0.294. The number of aryl methyl sites for hydroxylation is 2. The zero-order chi connectivity index (χ0) is 14.0. The van der Waals surface area contributed by atoms with E-state index < -0.39 is 0 Å². The molecule has 0 fully saturated rings. The van der Waals surface area contributed by atoms with Crippen LogP contribution in [0.5, 0.6) is 0 Å². The Morgan fingerprint density at radius 3 is 2.74 bits per heavy atom. The van der Waals surface area contributed by atoms with Crippen LogP contribution in [0.25, 0.3) is 0 Å². The summed E-state index contributed by atoms with van der Waals surface area (Å²) in [5, 5.41) is 8.02. The first-order valence-corrected chi connectivity index (χ1v) is 6.77. The van der Waals surface area contributed by atoms with Crippen LogP contribution in [-0.4, -0.2) is 10.2 Å². The van der Waals surface area contributed by atoms with Gasteiger partial charge in [-0.3, -0.25) is 0 Å². The highest BCUT2D eigenvalue weighted by atomic mass is 79.9. The average molecular weight is 324 g/mol. The lowest BCUT2D eigenvalue weighted by Gasteiger charge is -2.15. The molecule has 5 heteroatoms. The van der Waals surface area contributed by atoms with E-state index in [1.165, 1.54) is 6.07 Å². The molecule has 0 saturated carbocycles. The Kier molecular flexibility index (Phi) is 4.27. The van der Waals surface area contributed by atoms with Crippen LogP contribution in [-0.2, 0) is 6.42 Å². The maximum absolute atomic E-state index is 13.7. The van der Waals surface area contributed by atoms with Crippen molar-refractivity contribution in [3.05, 3.63) is 57.1 Å². The minimum Gasteiger partial charge on any atom is -0.324 e. The highest BCUT2D eigenvalue weighted by molar-refractivity contribution is 9.10. The van der Waals surface area contributed by atoms with Crippen LogP contribution in [0.1, 0.15) is 28.6 Å². The summed E-state index contributed by atoms with van der Waals surface area (Å²) in [6, 6.07) is 6.48. The highest BCUT2D eigenvalue weighted by Gasteiger charge is 2.14. The van der Waals surface area contributed by atoms with Crippen molar-refractivity contribution < 1.29 is 4.39 Å². The summed E-state index contributed by atoms with van der Waals surface area (Å²) >= 11 is 3.34. The summed E-state index contributed by atoms with van der Waals surface area (Å²) in [5.41, 5.74) is 9.26. The molecule has 0 saturated heterocycles. The standard InChI is InChI=1S/C14H15BrFN3/c1-8-5-12(9(2)19-18-8)14(17)7-10-6-11(15)3-4-13(10)16/h3-6,14H,7,17H2,1-2H3. The van der Waals surface area contributed by atoms with Gasteiger partial charge in [0.1, 0.15) is 5.82 Å². The zero-order valence-corrected chi connectivity index (χ0v) is 12.4. The third kappa shape index (κ3) is 3.36. The second-order valence-corrected chi connectivity index (χ2v) is 5.49. The lowest BCUT2D eigenvalue weighted by Crippen LogP contribution is -2.17. The van der Waals surface area contributed by atoms with Gasteiger partial charge in [0, 0.05) is 10.5 Å². The van der Waals surface area contributed by atoms with E-state index in [9.17, 15) is 4.39 Å². The quantitative estimate of drug-likeness (QED) is 0.943. The van der Waals surface area contributed by atoms with Gasteiger partial charge in [-0.25, -0.2) is 4.39 Å². The first-order chi connectivity index (χ1) is 8.97. The molecule has 2 rings (SSSR count). The second kappa shape index (κ2) is 5.75. The van der Waals surface area contributed by atoms with Crippen molar-refractivity contribution in [2.24, 2.45) is 5.73 Å². The van der Waals surface area contributed by atoms with Crippen molar-refractivity contribution in [1.82, 2.24) is 10.2 Å². The summed E-state index contributed by atoms with van der Waals surface area (Å²) in [7, 11) is 0. The van der Waals surface area contributed by atoms with Crippen LogP contribution in [0.4, 0.5) is 4.39 Å². The Balaban J connectivity index is 2.27. The molecule has 2 aromatic rings. The topological polar surface area (TPSA) is 51.8 Å². The summed E-state index contributed by atoms with van der Waals surface area (Å²) in [5.74, 6) is -0.241. The molecule has 0 aliphatic heterocycles. The molecule has 1 aromatic carbocycles. The Bertz CT molecular complexity index is 601. The van der Waals surface area contributed by atoms with Crippen LogP contribution in [0.2, 0.25) is 0 Å². The number of nitrogens with two attached hydrogens (primary N) is 1. The molecule has 1 heterocycles. The van der Waals surface area contributed by atoms with Gasteiger partial charge in [0.15, 0.2) is 0 Å². The van der Waals surface area contributed by atoms with Crippen LogP contribution < -0.4 is 5.73 Å². The number of rotatable bonds is 3. The monoisotopic (exact) mass is 323 g/mol. The molecule has 0 spiro atoms. The molecule has 1 atom stereocenters. The molecule has 0 aliphatic carbocycles. The van der Waals surface area contributed by atoms with E-state index in [0.717, 1.165) is 21.4 Å². The summed E-state index contributed by atoms with van der Waals surface area (Å²) < 4.78 is 14.6. The second-order valence-electron chi connectivity index (χ2n) is 4.57. The van der Waals surface area contributed by atoms with E-state index >= 15 is 0 Å². The van der Waals surface area contributed by atoms with Crippen molar-refractivity contribution in [2.45, 2.75) is 26.3 Å². The van der Waals surface area contributed by atoms with Crippen molar-refractivity contribution in [3.63, 3.8) is 0 Å². The van der Waals surface area contributed by atoms with E-state index in [0.29, 0.717) is 12.0 Å². The predicted molar refractivity (Wildman–Crippen MR) is 76.2 cm³/mol. The largest absolute Gasteiger partial charge is 0.324 e. The number of hydrogen-bond donors (Lipinski definition) is 1. The van der Waals surface area contributed by atoms with Gasteiger partial charge in [-0.05, 0) is 55.7 Å². The number of halogens is 2.